The summed E-state index contributed by atoms with van der Waals surface area (Å²) in [5, 5.41) is 13.6. The van der Waals surface area contributed by atoms with Gasteiger partial charge in [-0.25, -0.2) is 14.8 Å². The number of carboxylic acid groups (broad SMARTS) is 1. The second kappa shape index (κ2) is 7.79. The van der Waals surface area contributed by atoms with Gasteiger partial charge in [-0.05, 0) is 18.4 Å². The van der Waals surface area contributed by atoms with Crippen molar-refractivity contribution < 1.29 is 14.6 Å². The summed E-state index contributed by atoms with van der Waals surface area (Å²) in [5.74, 6) is -0.447. The second-order valence-corrected chi connectivity index (χ2v) is 7.02. The lowest BCUT2D eigenvalue weighted by Gasteiger charge is -2.12. The van der Waals surface area contributed by atoms with E-state index in [1.165, 1.54) is 12.3 Å². The molecule has 0 aromatic carbocycles. The van der Waals surface area contributed by atoms with Crippen LogP contribution in [-0.2, 0) is 13.5 Å². The fourth-order valence-corrected chi connectivity index (χ4v) is 2.87. The second-order valence-electron chi connectivity index (χ2n) is 7.02. The molecule has 0 saturated carbocycles. The van der Waals surface area contributed by atoms with Crippen molar-refractivity contribution in [3.05, 3.63) is 33.9 Å². The van der Waals surface area contributed by atoms with Crippen LogP contribution >= 0.6 is 0 Å². The number of aromatic carboxylic acids is 1. The minimum atomic E-state index is -1.12. The number of fused-ring (bicyclic) bond motifs is 1. The van der Waals surface area contributed by atoms with Gasteiger partial charge in [-0.15, -0.1) is 0 Å². The molecule has 0 unspecified atom stereocenters. The van der Waals surface area contributed by atoms with Crippen molar-refractivity contribution >= 4 is 17.0 Å². The van der Waals surface area contributed by atoms with Gasteiger partial charge in [0.1, 0.15) is 11.3 Å². The van der Waals surface area contributed by atoms with E-state index in [1.54, 1.807) is 11.7 Å². The Morgan fingerprint density at radius 3 is 2.75 bits per heavy atom. The van der Waals surface area contributed by atoms with E-state index in [-0.39, 0.29) is 28.7 Å². The van der Waals surface area contributed by atoms with Crippen LogP contribution in [0.1, 0.15) is 43.2 Å². The number of H-pyrrole nitrogens is 1. The molecule has 0 spiro atoms. The molecule has 3 aromatic rings. The van der Waals surface area contributed by atoms with Crippen LogP contribution in [0, 0.1) is 5.92 Å². The first-order chi connectivity index (χ1) is 13.3. The summed E-state index contributed by atoms with van der Waals surface area (Å²) in [4.78, 5) is 35.4. The number of carbonyl (C=O) groups is 1. The standard InChI is InChI=1S/C19H23N5O4/c1-5-6-13-14-15(23-24(13)4)17(25)22-16(21-14)12-7-11(19(26)27)8-20-18(12)28-9-10(2)3/h7-8,10H,5-6,9H2,1-4H3,(H,26,27)(H,21,22,25). The van der Waals surface area contributed by atoms with Crippen molar-refractivity contribution in [2.45, 2.75) is 33.6 Å². The molecule has 148 valence electrons. The van der Waals surface area contributed by atoms with Crippen LogP contribution in [0.4, 0.5) is 0 Å². The van der Waals surface area contributed by atoms with Crippen molar-refractivity contribution in [2.75, 3.05) is 6.61 Å². The summed E-state index contributed by atoms with van der Waals surface area (Å²) in [7, 11) is 1.77. The molecule has 0 aliphatic rings. The molecule has 2 N–H and O–H groups in total. The molecule has 3 aromatic heterocycles. The van der Waals surface area contributed by atoms with E-state index < -0.39 is 11.5 Å². The summed E-state index contributed by atoms with van der Waals surface area (Å²) in [6, 6.07) is 1.41. The molecule has 3 rings (SSSR count). The van der Waals surface area contributed by atoms with E-state index in [1.807, 2.05) is 20.8 Å². The van der Waals surface area contributed by atoms with Crippen LogP contribution in [0.25, 0.3) is 22.4 Å². The molecular formula is C19H23N5O4. The maximum absolute atomic E-state index is 12.6. The molecule has 0 bridgehead atoms. The van der Waals surface area contributed by atoms with Crippen molar-refractivity contribution in [3.8, 4) is 17.3 Å². The van der Waals surface area contributed by atoms with Gasteiger partial charge in [0, 0.05) is 13.2 Å². The van der Waals surface area contributed by atoms with Gasteiger partial charge in [0.05, 0.1) is 23.4 Å². The van der Waals surface area contributed by atoms with Gasteiger partial charge in [-0.1, -0.05) is 27.2 Å². The molecule has 0 radical (unpaired) electrons. The van der Waals surface area contributed by atoms with Crippen molar-refractivity contribution in [2.24, 2.45) is 13.0 Å². The van der Waals surface area contributed by atoms with E-state index in [4.69, 9.17) is 4.74 Å². The van der Waals surface area contributed by atoms with Gasteiger partial charge in [0.25, 0.3) is 5.56 Å². The predicted molar refractivity (Wildman–Crippen MR) is 104 cm³/mol. The average molecular weight is 385 g/mol. The van der Waals surface area contributed by atoms with Crippen LogP contribution in [0.3, 0.4) is 0 Å². The number of aryl methyl sites for hydroxylation is 2. The number of carboxylic acids is 1. The summed E-state index contributed by atoms with van der Waals surface area (Å²) in [5.41, 5.74) is 1.51. The van der Waals surface area contributed by atoms with E-state index in [0.717, 1.165) is 12.1 Å². The summed E-state index contributed by atoms with van der Waals surface area (Å²) in [6.45, 7) is 6.41. The third-order valence-electron chi connectivity index (χ3n) is 4.20. The highest BCUT2D eigenvalue weighted by atomic mass is 16.5. The quantitative estimate of drug-likeness (QED) is 0.640. The van der Waals surface area contributed by atoms with Gasteiger partial charge in [0.2, 0.25) is 5.88 Å². The Morgan fingerprint density at radius 2 is 2.11 bits per heavy atom. The number of nitrogens with one attached hydrogen (secondary N) is 1. The Bertz CT molecular complexity index is 1080. The number of aromatic amines is 1. The maximum atomic E-state index is 12.6. The van der Waals surface area contributed by atoms with E-state index in [9.17, 15) is 14.7 Å². The Balaban J connectivity index is 2.22. The SMILES string of the molecule is CCCc1c2nc(-c3cc(C(=O)O)cnc3OCC(C)C)[nH]c(=O)c2nn1C. The monoisotopic (exact) mass is 385 g/mol. The highest BCUT2D eigenvalue weighted by molar-refractivity contribution is 5.89. The maximum Gasteiger partial charge on any atom is 0.337 e. The first-order valence-electron chi connectivity index (χ1n) is 9.14. The molecule has 0 aliphatic heterocycles. The third-order valence-corrected chi connectivity index (χ3v) is 4.20. The zero-order chi connectivity index (χ0) is 20.4. The van der Waals surface area contributed by atoms with E-state index in [2.05, 4.69) is 20.1 Å². The fraction of sp³-hybridized carbons (Fsp3) is 0.421. The molecule has 0 atom stereocenters. The smallest absolute Gasteiger partial charge is 0.337 e. The number of hydrogen-bond donors (Lipinski definition) is 2. The number of rotatable bonds is 7. The lowest BCUT2D eigenvalue weighted by atomic mass is 10.1. The first kappa shape index (κ1) is 19.5. The summed E-state index contributed by atoms with van der Waals surface area (Å²) < 4.78 is 7.39. The van der Waals surface area contributed by atoms with E-state index in [0.29, 0.717) is 24.1 Å². The largest absolute Gasteiger partial charge is 0.478 e. The molecule has 28 heavy (non-hydrogen) atoms. The normalized spacial score (nSPS) is 11.3. The lowest BCUT2D eigenvalue weighted by molar-refractivity contribution is 0.0696. The summed E-state index contributed by atoms with van der Waals surface area (Å²) >= 11 is 0. The molecule has 9 nitrogen and oxygen atoms in total. The van der Waals surface area contributed by atoms with Crippen LogP contribution < -0.4 is 10.3 Å². The number of hydrogen-bond acceptors (Lipinski definition) is 6. The molecule has 0 saturated heterocycles. The van der Waals surface area contributed by atoms with Crippen molar-refractivity contribution in [3.63, 3.8) is 0 Å². The van der Waals surface area contributed by atoms with Crippen LogP contribution in [-0.4, -0.2) is 42.4 Å². The minimum Gasteiger partial charge on any atom is -0.478 e. The number of pyridine rings is 1. The topological polar surface area (TPSA) is 123 Å². The average Bonchev–Trinajstić information content (AvgIpc) is 2.96. The fourth-order valence-electron chi connectivity index (χ4n) is 2.87. The van der Waals surface area contributed by atoms with Gasteiger partial charge in [-0.3, -0.25) is 9.48 Å². The summed E-state index contributed by atoms with van der Waals surface area (Å²) in [6.07, 6.45) is 2.81. The molecule has 0 fully saturated rings. The highest BCUT2D eigenvalue weighted by Crippen LogP contribution is 2.28. The van der Waals surface area contributed by atoms with Gasteiger partial charge >= 0.3 is 5.97 Å². The molecule has 0 aliphatic carbocycles. The van der Waals surface area contributed by atoms with Gasteiger partial charge in [0.15, 0.2) is 5.52 Å². The molecule has 3 heterocycles. The molecule has 0 amide bonds. The number of aromatic nitrogens is 5. The first-order valence-corrected chi connectivity index (χ1v) is 9.14. The predicted octanol–water partition coefficient (Wildman–Crippen LogP) is 2.40. The van der Waals surface area contributed by atoms with Crippen molar-refractivity contribution in [1.29, 1.82) is 0 Å². The van der Waals surface area contributed by atoms with E-state index >= 15 is 0 Å². The molecule has 9 heteroatoms. The Kier molecular flexibility index (Phi) is 5.43. The zero-order valence-corrected chi connectivity index (χ0v) is 16.3. The lowest BCUT2D eigenvalue weighted by Crippen LogP contribution is -2.12. The Morgan fingerprint density at radius 1 is 1.36 bits per heavy atom. The Hall–Kier alpha value is -3.23. The number of ether oxygens (including phenoxy) is 1. The zero-order valence-electron chi connectivity index (χ0n) is 16.3. The minimum absolute atomic E-state index is 0.0189. The highest BCUT2D eigenvalue weighted by Gasteiger charge is 2.19. The van der Waals surface area contributed by atoms with Crippen LogP contribution in [0.15, 0.2) is 17.1 Å². The van der Waals surface area contributed by atoms with Gasteiger partial charge in [-0.2, -0.15) is 5.10 Å². The molecular weight excluding hydrogens is 362 g/mol. The van der Waals surface area contributed by atoms with Gasteiger partial charge < -0.3 is 14.8 Å². The third kappa shape index (κ3) is 3.73. The van der Waals surface area contributed by atoms with Crippen LogP contribution in [0.5, 0.6) is 5.88 Å². The van der Waals surface area contributed by atoms with Crippen LogP contribution in [0.2, 0.25) is 0 Å². The Labute approximate surface area is 161 Å². The number of nitrogens with zero attached hydrogens (tertiary/aromatic N) is 4. The van der Waals surface area contributed by atoms with Crippen molar-refractivity contribution in [1.82, 2.24) is 24.7 Å².